The third-order valence-electron chi connectivity index (χ3n) is 2.73. The van der Waals surface area contributed by atoms with E-state index >= 15 is 0 Å². The number of esters is 1. The number of hydrogen-bond acceptors (Lipinski definition) is 5. The number of carbonyl (C=O) groups is 2. The summed E-state index contributed by atoms with van der Waals surface area (Å²) in [6, 6.07) is 4.88. The van der Waals surface area contributed by atoms with E-state index in [4.69, 9.17) is 15.2 Å². The molecule has 0 aliphatic carbocycles. The zero-order valence-electron chi connectivity index (χ0n) is 11.9. The Morgan fingerprint density at radius 1 is 1.40 bits per heavy atom. The van der Waals surface area contributed by atoms with Gasteiger partial charge in [0.05, 0.1) is 12.2 Å². The van der Waals surface area contributed by atoms with E-state index in [0.717, 1.165) is 0 Å². The number of nitrogens with two attached hydrogens (primary N) is 1. The van der Waals surface area contributed by atoms with Crippen LogP contribution in [0.4, 0.5) is 5.69 Å². The highest BCUT2D eigenvalue weighted by atomic mass is 16.5. The Balaban J connectivity index is 2.58. The molecule has 1 aromatic carbocycles. The largest absolute Gasteiger partial charge is 0.449 e. The third-order valence-corrected chi connectivity index (χ3v) is 2.73. The van der Waals surface area contributed by atoms with E-state index < -0.39 is 12.1 Å². The summed E-state index contributed by atoms with van der Waals surface area (Å²) in [5.74, 6) is -0.902. The van der Waals surface area contributed by atoms with Crippen molar-refractivity contribution in [3.05, 3.63) is 29.3 Å². The van der Waals surface area contributed by atoms with Crippen LogP contribution >= 0.6 is 0 Å². The van der Waals surface area contributed by atoms with E-state index in [1.807, 2.05) is 0 Å². The molecule has 6 heteroatoms. The van der Waals surface area contributed by atoms with Gasteiger partial charge in [0.15, 0.2) is 6.10 Å². The molecule has 1 atom stereocenters. The number of hydrogen-bond donors (Lipinski definition) is 2. The van der Waals surface area contributed by atoms with Gasteiger partial charge in [0.2, 0.25) is 0 Å². The van der Waals surface area contributed by atoms with Crippen LogP contribution in [0.3, 0.4) is 0 Å². The minimum atomic E-state index is -0.865. The van der Waals surface area contributed by atoms with Crippen LogP contribution in [0.15, 0.2) is 18.2 Å². The minimum absolute atomic E-state index is 0.358. The summed E-state index contributed by atoms with van der Waals surface area (Å²) in [5, 5.41) is 2.60. The molecule has 0 fully saturated rings. The molecule has 1 rings (SSSR count). The second-order valence-electron chi connectivity index (χ2n) is 4.41. The van der Waals surface area contributed by atoms with Crippen LogP contribution in [0.1, 0.15) is 22.8 Å². The number of aryl methyl sites for hydroxylation is 1. The molecule has 0 heterocycles. The van der Waals surface area contributed by atoms with Gasteiger partial charge in [0, 0.05) is 19.3 Å². The lowest BCUT2D eigenvalue weighted by molar-refractivity contribution is -0.129. The van der Waals surface area contributed by atoms with Crippen LogP contribution < -0.4 is 11.1 Å². The molecule has 0 aliphatic heterocycles. The van der Waals surface area contributed by atoms with E-state index in [0.29, 0.717) is 30.0 Å². The van der Waals surface area contributed by atoms with Gasteiger partial charge in [-0.15, -0.1) is 0 Å². The number of methoxy groups -OCH3 is 1. The van der Waals surface area contributed by atoms with E-state index in [-0.39, 0.29) is 5.91 Å². The lowest BCUT2D eigenvalue weighted by atomic mass is 10.1. The predicted molar refractivity (Wildman–Crippen MR) is 75.4 cm³/mol. The molecule has 6 nitrogen and oxygen atoms in total. The van der Waals surface area contributed by atoms with Gasteiger partial charge >= 0.3 is 5.97 Å². The normalized spacial score (nSPS) is 11.8. The molecule has 1 aromatic rings. The molecule has 3 N–H and O–H groups in total. The van der Waals surface area contributed by atoms with Crippen LogP contribution in [0.25, 0.3) is 0 Å². The molecule has 20 heavy (non-hydrogen) atoms. The van der Waals surface area contributed by atoms with Gasteiger partial charge in [-0.2, -0.15) is 0 Å². The monoisotopic (exact) mass is 280 g/mol. The van der Waals surface area contributed by atoms with Crippen molar-refractivity contribution in [2.45, 2.75) is 20.0 Å². The summed E-state index contributed by atoms with van der Waals surface area (Å²) >= 11 is 0. The van der Waals surface area contributed by atoms with Crippen molar-refractivity contribution >= 4 is 17.6 Å². The molecule has 0 spiro atoms. The van der Waals surface area contributed by atoms with Crippen LogP contribution in [-0.2, 0) is 14.3 Å². The average molecular weight is 280 g/mol. The number of nitrogen functional groups attached to an aromatic ring is 1. The first-order valence-electron chi connectivity index (χ1n) is 6.29. The Morgan fingerprint density at radius 3 is 2.70 bits per heavy atom. The SMILES string of the molecule is COCCNC(=O)C(C)OC(=O)c1ccc(N)cc1C. The lowest BCUT2D eigenvalue weighted by Crippen LogP contribution is -2.37. The molecule has 1 amide bonds. The molecule has 110 valence electrons. The Morgan fingerprint density at radius 2 is 2.10 bits per heavy atom. The highest BCUT2D eigenvalue weighted by molar-refractivity contribution is 5.93. The van der Waals surface area contributed by atoms with E-state index in [2.05, 4.69) is 5.32 Å². The molecular weight excluding hydrogens is 260 g/mol. The predicted octanol–water partition coefficient (Wildman–Crippen LogP) is 0.885. The molecular formula is C14H20N2O4. The van der Waals surface area contributed by atoms with Crippen molar-refractivity contribution in [1.29, 1.82) is 0 Å². The van der Waals surface area contributed by atoms with Crippen LogP contribution in [-0.4, -0.2) is 38.2 Å². The molecule has 0 aromatic heterocycles. The van der Waals surface area contributed by atoms with Gasteiger partial charge in [0.1, 0.15) is 0 Å². The van der Waals surface area contributed by atoms with E-state index in [1.54, 1.807) is 32.2 Å². The molecule has 1 unspecified atom stereocenters. The van der Waals surface area contributed by atoms with Gasteiger partial charge in [-0.05, 0) is 37.6 Å². The topological polar surface area (TPSA) is 90.6 Å². The smallest absolute Gasteiger partial charge is 0.339 e. The first-order chi connectivity index (χ1) is 9.45. The number of nitrogens with one attached hydrogen (secondary N) is 1. The van der Waals surface area contributed by atoms with Crippen molar-refractivity contribution in [3.8, 4) is 0 Å². The maximum Gasteiger partial charge on any atom is 0.339 e. The Kier molecular flexibility index (Phi) is 5.99. The molecule has 0 aliphatic rings. The second kappa shape index (κ2) is 7.49. The number of anilines is 1. The van der Waals surface area contributed by atoms with E-state index in [1.165, 1.54) is 6.92 Å². The first kappa shape index (κ1) is 16.0. The Hall–Kier alpha value is -2.08. The number of benzene rings is 1. The number of amides is 1. The summed E-state index contributed by atoms with van der Waals surface area (Å²) in [5.41, 5.74) is 7.30. The minimum Gasteiger partial charge on any atom is -0.449 e. The van der Waals surface area contributed by atoms with Crippen molar-refractivity contribution < 1.29 is 19.1 Å². The highest BCUT2D eigenvalue weighted by Crippen LogP contribution is 2.14. The number of carbonyl (C=O) groups excluding carboxylic acids is 2. The van der Waals surface area contributed by atoms with Crippen LogP contribution in [0, 0.1) is 6.92 Å². The first-order valence-corrected chi connectivity index (χ1v) is 6.29. The summed E-state index contributed by atoms with van der Waals surface area (Å²) in [6.07, 6.45) is -0.865. The zero-order valence-corrected chi connectivity index (χ0v) is 11.9. The second-order valence-corrected chi connectivity index (χ2v) is 4.41. The van der Waals surface area contributed by atoms with Gasteiger partial charge in [-0.1, -0.05) is 0 Å². The van der Waals surface area contributed by atoms with Crippen LogP contribution in [0.5, 0.6) is 0 Å². The number of rotatable bonds is 6. The maximum absolute atomic E-state index is 12.0. The maximum atomic E-state index is 12.0. The Labute approximate surface area is 118 Å². The van der Waals surface area contributed by atoms with Gasteiger partial charge in [-0.3, -0.25) is 4.79 Å². The van der Waals surface area contributed by atoms with Crippen molar-refractivity contribution in [2.75, 3.05) is 26.0 Å². The van der Waals surface area contributed by atoms with E-state index in [9.17, 15) is 9.59 Å². The molecule has 0 saturated carbocycles. The highest BCUT2D eigenvalue weighted by Gasteiger charge is 2.19. The zero-order chi connectivity index (χ0) is 15.1. The van der Waals surface area contributed by atoms with Gasteiger partial charge < -0.3 is 20.5 Å². The van der Waals surface area contributed by atoms with Crippen molar-refractivity contribution in [2.24, 2.45) is 0 Å². The fourth-order valence-electron chi connectivity index (χ4n) is 1.61. The fraction of sp³-hybridized carbons (Fsp3) is 0.429. The van der Waals surface area contributed by atoms with Crippen molar-refractivity contribution in [1.82, 2.24) is 5.32 Å². The average Bonchev–Trinajstić information content (AvgIpc) is 2.38. The molecule has 0 saturated heterocycles. The molecule has 0 bridgehead atoms. The quantitative estimate of drug-likeness (QED) is 0.459. The summed E-state index contributed by atoms with van der Waals surface area (Å²) < 4.78 is 9.93. The summed E-state index contributed by atoms with van der Waals surface area (Å²) in [4.78, 5) is 23.6. The third kappa shape index (κ3) is 4.55. The standard InChI is InChI=1S/C14H20N2O4/c1-9-8-11(15)4-5-12(9)14(18)20-10(2)13(17)16-6-7-19-3/h4-5,8,10H,6-7,15H2,1-3H3,(H,16,17). The van der Waals surface area contributed by atoms with Crippen molar-refractivity contribution in [3.63, 3.8) is 0 Å². The Bertz CT molecular complexity index is 488. The fourth-order valence-corrected chi connectivity index (χ4v) is 1.61. The van der Waals surface area contributed by atoms with Gasteiger partial charge in [-0.25, -0.2) is 4.79 Å². The van der Waals surface area contributed by atoms with Crippen LogP contribution in [0.2, 0.25) is 0 Å². The molecule has 0 radical (unpaired) electrons. The summed E-state index contributed by atoms with van der Waals surface area (Å²) in [6.45, 7) is 4.06. The summed E-state index contributed by atoms with van der Waals surface area (Å²) in [7, 11) is 1.54. The van der Waals surface area contributed by atoms with Gasteiger partial charge in [0.25, 0.3) is 5.91 Å². The lowest BCUT2D eigenvalue weighted by Gasteiger charge is -2.14. The number of ether oxygens (including phenoxy) is 2.